The van der Waals surface area contributed by atoms with Crippen LogP contribution in [0.1, 0.15) is 30.4 Å². The summed E-state index contributed by atoms with van der Waals surface area (Å²) >= 11 is 18.8. The van der Waals surface area contributed by atoms with Crippen molar-refractivity contribution in [1.29, 1.82) is 0 Å². The maximum Gasteiger partial charge on any atom is 0.229 e. The molecule has 0 unspecified atom stereocenters. The van der Waals surface area contributed by atoms with Crippen LogP contribution in [0.25, 0.3) is 10.9 Å². The molecule has 140 valence electrons. The van der Waals surface area contributed by atoms with Gasteiger partial charge < -0.3 is 10.3 Å². The summed E-state index contributed by atoms with van der Waals surface area (Å²) in [4.78, 5) is 16.0. The van der Waals surface area contributed by atoms with Crippen molar-refractivity contribution < 1.29 is 4.79 Å². The Morgan fingerprint density at radius 2 is 1.81 bits per heavy atom. The van der Waals surface area contributed by atoms with Crippen molar-refractivity contribution in [1.82, 2.24) is 10.3 Å². The first-order chi connectivity index (χ1) is 12.8. The van der Waals surface area contributed by atoms with Crippen LogP contribution in [0.2, 0.25) is 5.02 Å². The molecule has 1 saturated carbocycles. The van der Waals surface area contributed by atoms with E-state index >= 15 is 0 Å². The van der Waals surface area contributed by atoms with Crippen LogP contribution < -0.4 is 5.32 Å². The van der Waals surface area contributed by atoms with Crippen molar-refractivity contribution in [2.75, 3.05) is 6.54 Å². The van der Waals surface area contributed by atoms with Gasteiger partial charge in [-0.05, 0) is 36.6 Å². The summed E-state index contributed by atoms with van der Waals surface area (Å²) in [6.45, 7) is 2.20. The Morgan fingerprint density at radius 1 is 1.15 bits per heavy atom. The number of rotatable bonds is 5. The molecule has 6 heteroatoms. The van der Waals surface area contributed by atoms with Crippen molar-refractivity contribution in [3.63, 3.8) is 0 Å². The highest BCUT2D eigenvalue weighted by atomic mass is 35.5. The zero-order valence-corrected chi connectivity index (χ0v) is 17.0. The minimum absolute atomic E-state index is 0.0961. The van der Waals surface area contributed by atoms with Gasteiger partial charge in [-0.25, -0.2) is 0 Å². The molecule has 2 N–H and O–H groups in total. The molecule has 1 aliphatic rings. The van der Waals surface area contributed by atoms with Crippen LogP contribution in [0.5, 0.6) is 0 Å². The average molecular weight is 422 g/mol. The summed E-state index contributed by atoms with van der Waals surface area (Å²) in [5.74, 6) is -0.231. The standard InChI is InChI=1S/C21H19Cl3N2O/c1-20(12-21(20,23)24)19(27)26-11-15(13-6-2-4-8-17(13)22)16-10-25-18-9-5-3-7-14(16)18/h2-10,15,25H,11-12H2,1H3,(H,26,27)/t15-,20-/m1/s1. The molecular weight excluding hydrogens is 403 g/mol. The van der Waals surface area contributed by atoms with Crippen molar-refractivity contribution in [3.05, 3.63) is 70.9 Å². The minimum atomic E-state index is -0.988. The number of nitrogens with one attached hydrogen (secondary N) is 2. The summed E-state index contributed by atoms with van der Waals surface area (Å²) in [6.07, 6.45) is 2.44. The molecule has 2 atom stereocenters. The van der Waals surface area contributed by atoms with Crippen molar-refractivity contribution in [2.45, 2.75) is 23.6 Å². The number of alkyl halides is 2. The third-order valence-electron chi connectivity index (χ3n) is 5.50. The molecule has 1 aliphatic carbocycles. The molecule has 4 rings (SSSR count). The Hall–Kier alpha value is -1.68. The fraction of sp³-hybridized carbons (Fsp3) is 0.286. The Bertz CT molecular complexity index is 1010. The lowest BCUT2D eigenvalue weighted by atomic mass is 9.90. The number of para-hydroxylation sites is 1. The highest BCUT2D eigenvalue weighted by molar-refractivity contribution is 6.53. The lowest BCUT2D eigenvalue weighted by molar-refractivity contribution is -0.125. The predicted molar refractivity (Wildman–Crippen MR) is 112 cm³/mol. The number of aromatic amines is 1. The summed E-state index contributed by atoms with van der Waals surface area (Å²) in [6, 6.07) is 15.8. The number of H-pyrrole nitrogens is 1. The van der Waals surface area contributed by atoms with E-state index in [0.717, 1.165) is 22.0 Å². The fourth-order valence-corrected chi connectivity index (χ4v) is 4.54. The zero-order chi connectivity index (χ0) is 19.2. The van der Waals surface area contributed by atoms with Crippen LogP contribution in [0.4, 0.5) is 0 Å². The van der Waals surface area contributed by atoms with Gasteiger partial charge in [0.05, 0.1) is 5.41 Å². The summed E-state index contributed by atoms with van der Waals surface area (Å²) in [5, 5.41) is 4.82. The Morgan fingerprint density at radius 3 is 2.52 bits per heavy atom. The SMILES string of the molecule is C[C@]1(C(=O)NC[C@H](c2ccccc2Cl)c2c[nH]c3ccccc23)CC1(Cl)Cl. The second kappa shape index (κ2) is 6.73. The summed E-state index contributed by atoms with van der Waals surface area (Å²) in [7, 11) is 0. The highest BCUT2D eigenvalue weighted by Gasteiger charge is 2.67. The van der Waals surface area contributed by atoms with Crippen LogP contribution in [0, 0.1) is 5.41 Å². The zero-order valence-electron chi connectivity index (χ0n) is 14.7. The molecule has 27 heavy (non-hydrogen) atoms. The first kappa shape index (κ1) is 18.7. The van der Waals surface area contributed by atoms with Gasteiger partial charge >= 0.3 is 0 Å². The topological polar surface area (TPSA) is 44.9 Å². The first-order valence-electron chi connectivity index (χ1n) is 8.80. The van der Waals surface area contributed by atoms with Crippen molar-refractivity contribution in [2.24, 2.45) is 5.41 Å². The largest absolute Gasteiger partial charge is 0.361 e. The van der Waals surface area contributed by atoms with Crippen LogP contribution in [0.3, 0.4) is 0 Å². The van der Waals surface area contributed by atoms with Gasteiger partial charge in [-0.15, -0.1) is 23.2 Å². The van der Waals surface area contributed by atoms with Gasteiger partial charge in [0.1, 0.15) is 4.33 Å². The van der Waals surface area contributed by atoms with Gasteiger partial charge in [0, 0.05) is 34.6 Å². The number of hydrogen-bond donors (Lipinski definition) is 2. The fourth-order valence-electron chi connectivity index (χ4n) is 3.56. The highest BCUT2D eigenvalue weighted by Crippen LogP contribution is 2.63. The Balaban J connectivity index is 1.67. The van der Waals surface area contributed by atoms with Gasteiger partial charge in [-0.3, -0.25) is 4.79 Å². The molecule has 3 nitrogen and oxygen atoms in total. The molecule has 0 radical (unpaired) electrons. The molecule has 3 aromatic rings. The van der Waals surface area contributed by atoms with Gasteiger partial charge in [-0.2, -0.15) is 0 Å². The van der Waals surface area contributed by atoms with Crippen LogP contribution in [0.15, 0.2) is 54.7 Å². The molecular formula is C21H19Cl3N2O. The maximum absolute atomic E-state index is 12.7. The number of hydrogen-bond acceptors (Lipinski definition) is 1. The monoisotopic (exact) mass is 420 g/mol. The van der Waals surface area contributed by atoms with Crippen molar-refractivity contribution >= 4 is 51.6 Å². The van der Waals surface area contributed by atoms with Gasteiger partial charge in [0.25, 0.3) is 0 Å². The van der Waals surface area contributed by atoms with E-state index in [2.05, 4.69) is 16.4 Å². The van der Waals surface area contributed by atoms with Crippen LogP contribution >= 0.6 is 34.8 Å². The second-order valence-electron chi connectivity index (χ2n) is 7.29. The van der Waals surface area contributed by atoms with Crippen LogP contribution in [-0.4, -0.2) is 21.8 Å². The lowest BCUT2D eigenvalue weighted by Gasteiger charge is -2.21. The number of carbonyl (C=O) groups excluding carboxylic acids is 1. The van der Waals surface area contributed by atoms with E-state index in [1.165, 1.54) is 0 Å². The van der Waals surface area contributed by atoms with Gasteiger partial charge in [0.15, 0.2) is 0 Å². The van der Waals surface area contributed by atoms with E-state index in [9.17, 15) is 4.79 Å². The molecule has 0 aliphatic heterocycles. The number of amides is 1. The Kier molecular flexibility index (Phi) is 4.66. The van der Waals surface area contributed by atoms with Crippen molar-refractivity contribution in [3.8, 4) is 0 Å². The Labute approximate surface area is 173 Å². The third-order valence-corrected chi connectivity index (χ3v) is 6.95. The normalized spacial score (nSPS) is 21.8. The number of aromatic nitrogens is 1. The molecule has 2 aromatic carbocycles. The molecule has 1 aromatic heterocycles. The molecule has 0 saturated heterocycles. The molecule has 1 amide bonds. The minimum Gasteiger partial charge on any atom is -0.361 e. The van der Waals surface area contributed by atoms with E-state index in [-0.39, 0.29) is 11.8 Å². The van der Waals surface area contributed by atoms with Gasteiger partial charge in [0.2, 0.25) is 5.91 Å². The lowest BCUT2D eigenvalue weighted by Crippen LogP contribution is -2.36. The van der Waals surface area contributed by atoms with E-state index < -0.39 is 9.75 Å². The molecule has 1 fully saturated rings. The molecule has 0 spiro atoms. The van der Waals surface area contributed by atoms with E-state index in [4.69, 9.17) is 34.8 Å². The average Bonchev–Trinajstić information content (AvgIpc) is 2.99. The summed E-state index contributed by atoms with van der Waals surface area (Å²) < 4.78 is -0.988. The number of halogens is 3. The number of benzene rings is 2. The third kappa shape index (κ3) is 3.22. The van der Waals surface area contributed by atoms with E-state index in [1.54, 1.807) is 6.92 Å². The molecule has 0 bridgehead atoms. The summed E-state index contributed by atoms with van der Waals surface area (Å²) in [5.41, 5.74) is 2.35. The first-order valence-corrected chi connectivity index (χ1v) is 9.93. The number of carbonyl (C=O) groups is 1. The molecule has 1 heterocycles. The quantitative estimate of drug-likeness (QED) is 0.513. The smallest absolute Gasteiger partial charge is 0.229 e. The van der Waals surface area contributed by atoms with Crippen LogP contribution in [-0.2, 0) is 4.79 Å². The second-order valence-corrected chi connectivity index (χ2v) is 9.18. The maximum atomic E-state index is 12.7. The predicted octanol–water partition coefficient (Wildman–Crippen LogP) is 5.65. The number of fused-ring (bicyclic) bond motifs is 1. The van der Waals surface area contributed by atoms with E-state index in [0.29, 0.717) is 18.0 Å². The van der Waals surface area contributed by atoms with Gasteiger partial charge in [-0.1, -0.05) is 48.0 Å². The van der Waals surface area contributed by atoms with E-state index in [1.807, 2.05) is 48.7 Å².